The van der Waals surface area contributed by atoms with Gasteiger partial charge < -0.3 is 15.3 Å². The maximum atomic E-state index is 13.0. The third-order valence-electron chi connectivity index (χ3n) is 4.93. The number of likely N-dealkylation sites (tertiary alicyclic amines) is 1. The molecule has 1 aliphatic heterocycles. The molecule has 29 heavy (non-hydrogen) atoms. The van der Waals surface area contributed by atoms with Crippen LogP contribution >= 0.6 is 24.0 Å². The van der Waals surface area contributed by atoms with Gasteiger partial charge in [-0.2, -0.15) is 5.10 Å². The van der Waals surface area contributed by atoms with Gasteiger partial charge in [-0.05, 0) is 44.9 Å². The zero-order chi connectivity index (χ0) is 19.9. The normalized spacial score (nSPS) is 15.8. The topological polar surface area (TPSA) is 107 Å². The van der Waals surface area contributed by atoms with Crippen LogP contribution in [0.2, 0.25) is 5.02 Å². The fourth-order valence-corrected chi connectivity index (χ4v) is 3.40. The first-order chi connectivity index (χ1) is 13.3. The molecule has 0 spiro atoms. The van der Waals surface area contributed by atoms with Gasteiger partial charge >= 0.3 is 0 Å². The molecule has 0 radical (unpaired) electrons. The van der Waals surface area contributed by atoms with Crippen molar-refractivity contribution in [1.82, 2.24) is 25.1 Å². The Bertz CT molecular complexity index is 1040. The summed E-state index contributed by atoms with van der Waals surface area (Å²) >= 11 is 6.14. The first-order valence-electron chi connectivity index (χ1n) is 9.09. The highest BCUT2D eigenvalue weighted by Gasteiger charge is 2.31. The number of carbonyl (C=O) groups is 1. The Morgan fingerprint density at radius 1 is 1.28 bits per heavy atom. The van der Waals surface area contributed by atoms with Crippen LogP contribution in [-0.2, 0) is 0 Å². The number of nitrogens with zero attached hydrogens (tertiary/aromatic N) is 4. The van der Waals surface area contributed by atoms with Crippen molar-refractivity contribution in [1.29, 1.82) is 0 Å². The number of piperidine rings is 1. The minimum absolute atomic E-state index is 0. The summed E-state index contributed by atoms with van der Waals surface area (Å²) in [5.41, 5.74) is 0.777. The molecule has 154 valence electrons. The fourth-order valence-electron chi connectivity index (χ4n) is 3.23. The van der Waals surface area contributed by atoms with Crippen molar-refractivity contribution in [2.75, 3.05) is 18.4 Å². The molecule has 10 heteroatoms. The fraction of sp³-hybridized carbons (Fsp3) is 0.368. The molecule has 3 aromatic rings. The van der Waals surface area contributed by atoms with E-state index in [4.69, 9.17) is 11.6 Å². The first-order valence-corrected chi connectivity index (χ1v) is 9.46. The Morgan fingerprint density at radius 3 is 2.66 bits per heavy atom. The molecule has 4 rings (SSSR count). The summed E-state index contributed by atoms with van der Waals surface area (Å²) < 4.78 is 0. The highest BCUT2D eigenvalue weighted by atomic mass is 35.5. The number of halogens is 2. The molecular formula is C19H22Cl2N6O2. The molecule has 0 unspecified atom stereocenters. The first kappa shape index (κ1) is 21.3. The minimum Gasteiger partial charge on any atom is -0.390 e. The van der Waals surface area contributed by atoms with Gasteiger partial charge in [0.15, 0.2) is 5.82 Å². The van der Waals surface area contributed by atoms with Gasteiger partial charge in [-0.15, -0.1) is 12.4 Å². The van der Waals surface area contributed by atoms with E-state index in [0.29, 0.717) is 53.5 Å². The van der Waals surface area contributed by atoms with Crippen LogP contribution in [0.25, 0.3) is 10.9 Å². The number of benzene rings is 1. The van der Waals surface area contributed by atoms with Crippen LogP contribution in [0.3, 0.4) is 0 Å². The van der Waals surface area contributed by atoms with Crippen molar-refractivity contribution in [2.24, 2.45) is 0 Å². The van der Waals surface area contributed by atoms with Crippen molar-refractivity contribution in [3.8, 4) is 0 Å². The zero-order valence-corrected chi connectivity index (χ0v) is 17.6. The lowest BCUT2D eigenvalue weighted by molar-refractivity contribution is -0.00236. The molecule has 0 aliphatic carbocycles. The maximum Gasteiger partial charge on any atom is 0.291 e. The second-order valence-corrected chi connectivity index (χ2v) is 7.84. The Kier molecular flexibility index (Phi) is 5.97. The van der Waals surface area contributed by atoms with Crippen molar-refractivity contribution in [3.63, 3.8) is 0 Å². The minimum atomic E-state index is -0.734. The van der Waals surface area contributed by atoms with E-state index in [-0.39, 0.29) is 24.1 Å². The van der Waals surface area contributed by atoms with E-state index in [9.17, 15) is 9.90 Å². The van der Waals surface area contributed by atoms with Gasteiger partial charge in [0.1, 0.15) is 5.82 Å². The average molecular weight is 437 g/mol. The Hall–Kier alpha value is -2.42. The highest BCUT2D eigenvalue weighted by Crippen LogP contribution is 2.27. The zero-order valence-electron chi connectivity index (χ0n) is 16.1. The lowest BCUT2D eigenvalue weighted by Crippen LogP contribution is -2.45. The molecule has 1 aromatic carbocycles. The van der Waals surface area contributed by atoms with Gasteiger partial charge in [0.05, 0.1) is 11.1 Å². The molecule has 0 atom stereocenters. The number of aromatic nitrogens is 4. The molecule has 2 aromatic heterocycles. The molecular weight excluding hydrogens is 415 g/mol. The average Bonchev–Trinajstić information content (AvgIpc) is 3.06. The quantitative estimate of drug-likeness (QED) is 0.579. The summed E-state index contributed by atoms with van der Waals surface area (Å²) in [6, 6.07) is 7.08. The van der Waals surface area contributed by atoms with E-state index in [1.54, 1.807) is 30.0 Å². The molecule has 0 bridgehead atoms. The van der Waals surface area contributed by atoms with Crippen LogP contribution in [0.4, 0.5) is 11.6 Å². The van der Waals surface area contributed by atoms with Crippen LogP contribution in [-0.4, -0.2) is 54.8 Å². The van der Waals surface area contributed by atoms with E-state index in [1.807, 2.05) is 13.0 Å². The van der Waals surface area contributed by atoms with Gasteiger partial charge in [0, 0.05) is 35.3 Å². The number of hydrogen-bond donors (Lipinski definition) is 3. The third-order valence-corrected chi connectivity index (χ3v) is 5.16. The second kappa shape index (κ2) is 8.14. The van der Waals surface area contributed by atoms with E-state index in [2.05, 4.69) is 25.5 Å². The maximum absolute atomic E-state index is 13.0. The van der Waals surface area contributed by atoms with Crippen LogP contribution in [0.1, 0.15) is 36.1 Å². The van der Waals surface area contributed by atoms with Gasteiger partial charge in [0.2, 0.25) is 5.82 Å². The summed E-state index contributed by atoms with van der Waals surface area (Å²) in [5, 5.41) is 21.5. The molecule has 3 heterocycles. The summed E-state index contributed by atoms with van der Waals surface area (Å²) in [5.74, 6) is 0.899. The predicted molar refractivity (Wildman–Crippen MR) is 114 cm³/mol. The van der Waals surface area contributed by atoms with E-state index in [0.717, 1.165) is 5.69 Å². The lowest BCUT2D eigenvalue weighted by atomic mass is 9.94. The van der Waals surface area contributed by atoms with Crippen molar-refractivity contribution >= 4 is 52.5 Å². The van der Waals surface area contributed by atoms with Crippen molar-refractivity contribution in [2.45, 2.75) is 32.3 Å². The molecule has 1 fully saturated rings. The third kappa shape index (κ3) is 4.60. The molecule has 3 N–H and O–H groups in total. The number of fused-ring (bicyclic) bond motifs is 1. The molecule has 1 saturated heterocycles. The lowest BCUT2D eigenvalue weighted by Gasteiger charge is -2.35. The van der Waals surface area contributed by atoms with Gasteiger partial charge in [-0.25, -0.2) is 9.97 Å². The highest BCUT2D eigenvalue weighted by molar-refractivity contribution is 6.31. The summed E-state index contributed by atoms with van der Waals surface area (Å²) in [6.07, 6.45) is 1.05. The summed E-state index contributed by atoms with van der Waals surface area (Å²) in [7, 11) is 0. The van der Waals surface area contributed by atoms with Crippen LogP contribution in [0, 0.1) is 6.92 Å². The van der Waals surface area contributed by atoms with E-state index in [1.165, 1.54) is 0 Å². The smallest absolute Gasteiger partial charge is 0.291 e. The van der Waals surface area contributed by atoms with Gasteiger partial charge in [-0.3, -0.25) is 9.89 Å². The number of aliphatic hydroxyl groups is 1. The number of carbonyl (C=O) groups excluding carboxylic acids is 1. The molecule has 8 nitrogen and oxygen atoms in total. The number of amides is 1. The number of nitrogens with one attached hydrogen (secondary N) is 2. The van der Waals surface area contributed by atoms with E-state index < -0.39 is 5.60 Å². The number of aromatic amines is 1. The largest absolute Gasteiger partial charge is 0.390 e. The molecule has 1 amide bonds. The predicted octanol–water partition coefficient (Wildman–Crippen LogP) is 3.47. The van der Waals surface area contributed by atoms with Crippen LogP contribution < -0.4 is 5.32 Å². The summed E-state index contributed by atoms with van der Waals surface area (Å²) in [6.45, 7) is 4.62. The summed E-state index contributed by atoms with van der Waals surface area (Å²) in [4.78, 5) is 23.6. The number of anilines is 2. The van der Waals surface area contributed by atoms with Gasteiger partial charge in [0.25, 0.3) is 5.91 Å². The number of hydrogen-bond acceptors (Lipinski definition) is 6. The van der Waals surface area contributed by atoms with Crippen molar-refractivity contribution in [3.05, 3.63) is 40.8 Å². The number of H-pyrrole nitrogens is 1. The van der Waals surface area contributed by atoms with Crippen LogP contribution in [0.5, 0.6) is 0 Å². The Balaban J connectivity index is 0.00000240. The molecule has 1 aliphatic rings. The standard InChI is InChI=1S/C19H21ClN6O2.ClH/c1-11-9-15(25-24-11)22-16-13-10-12(20)3-4-14(13)21-17(23-16)18(27)26-7-5-19(2,28)6-8-26;/h3-4,9-10,28H,5-8H2,1-2H3,(H2,21,22,23,24,25);1H. The molecule has 0 saturated carbocycles. The van der Waals surface area contributed by atoms with Gasteiger partial charge in [-0.1, -0.05) is 11.6 Å². The monoisotopic (exact) mass is 436 g/mol. The second-order valence-electron chi connectivity index (χ2n) is 7.41. The van der Waals surface area contributed by atoms with Crippen molar-refractivity contribution < 1.29 is 9.90 Å². The number of rotatable bonds is 3. The SMILES string of the molecule is Cc1cc(Nc2nc(C(=O)N3CCC(C)(O)CC3)nc3ccc(Cl)cc23)n[nH]1.Cl. The Labute approximate surface area is 179 Å². The Morgan fingerprint density at radius 2 is 2.00 bits per heavy atom. The number of aryl methyl sites for hydroxylation is 1. The van der Waals surface area contributed by atoms with E-state index >= 15 is 0 Å². The van der Waals surface area contributed by atoms with Crippen LogP contribution in [0.15, 0.2) is 24.3 Å².